The molecule has 0 spiro atoms. The third kappa shape index (κ3) is 4.05. The van der Waals surface area contributed by atoms with Crippen molar-refractivity contribution in [2.45, 2.75) is 31.7 Å². The summed E-state index contributed by atoms with van der Waals surface area (Å²) in [6.45, 7) is 4.52. The van der Waals surface area contributed by atoms with Gasteiger partial charge in [0.2, 0.25) is 5.91 Å². The molecule has 0 saturated carbocycles. The van der Waals surface area contributed by atoms with E-state index in [2.05, 4.69) is 22.6 Å². The van der Waals surface area contributed by atoms with Gasteiger partial charge >= 0.3 is 0 Å². The number of amidine groups is 1. The van der Waals surface area contributed by atoms with Gasteiger partial charge < -0.3 is 19.9 Å². The maximum absolute atomic E-state index is 12.1. The average Bonchev–Trinajstić information content (AvgIpc) is 3.39. The molecular weight excluding hydrogens is 430 g/mol. The van der Waals surface area contributed by atoms with Gasteiger partial charge in [0.15, 0.2) is 0 Å². The first-order valence-electron chi connectivity index (χ1n) is 11.6. The monoisotopic (exact) mass is 459 g/mol. The Kier molecular flexibility index (Phi) is 5.84. The number of fused-ring (bicyclic) bond motifs is 1. The largest absolute Gasteiger partial charge is 0.381 e. The quantitative estimate of drug-likeness (QED) is 0.525. The van der Waals surface area contributed by atoms with E-state index in [1.54, 1.807) is 16.5 Å². The minimum absolute atomic E-state index is 0.0153. The lowest BCUT2D eigenvalue weighted by Gasteiger charge is -2.36. The summed E-state index contributed by atoms with van der Waals surface area (Å²) in [4.78, 5) is 15.9. The van der Waals surface area contributed by atoms with Crippen LogP contribution in [0.2, 0.25) is 0 Å². The minimum Gasteiger partial charge on any atom is -0.381 e. The van der Waals surface area contributed by atoms with Crippen molar-refractivity contribution < 1.29 is 9.53 Å². The number of aromatic nitrogens is 2. The molecule has 9 heteroatoms. The SMILES string of the molecule is CC(=O)N1CCC(NC2COC2)=C(C(=N)N2C[C@H](CC#N)c3cc(-c4cnn(C)c4)ccc32)C1. The van der Waals surface area contributed by atoms with Gasteiger partial charge in [-0.05, 0) is 23.3 Å². The molecule has 1 amide bonds. The molecule has 4 heterocycles. The molecule has 0 unspecified atom stereocenters. The molecule has 3 aliphatic rings. The Labute approximate surface area is 199 Å². The Balaban J connectivity index is 1.49. The number of nitriles is 1. The van der Waals surface area contributed by atoms with Crippen LogP contribution >= 0.6 is 0 Å². The fourth-order valence-corrected chi connectivity index (χ4v) is 4.93. The molecule has 2 N–H and O–H groups in total. The van der Waals surface area contributed by atoms with Gasteiger partial charge in [0, 0.05) is 74.5 Å². The van der Waals surface area contributed by atoms with Crippen LogP contribution < -0.4 is 10.2 Å². The number of hydrogen-bond acceptors (Lipinski definition) is 6. The van der Waals surface area contributed by atoms with Crippen molar-refractivity contribution in [3.05, 3.63) is 47.4 Å². The van der Waals surface area contributed by atoms with E-state index >= 15 is 0 Å². The van der Waals surface area contributed by atoms with E-state index < -0.39 is 0 Å². The summed E-state index contributed by atoms with van der Waals surface area (Å²) < 4.78 is 7.09. The molecule has 0 radical (unpaired) electrons. The zero-order chi connectivity index (χ0) is 23.8. The number of carbonyl (C=O) groups excluding carboxylic acids is 1. The fraction of sp³-hybridized carbons (Fsp3) is 0.440. The second kappa shape index (κ2) is 8.95. The van der Waals surface area contributed by atoms with E-state index in [0.717, 1.165) is 33.6 Å². The maximum atomic E-state index is 12.1. The van der Waals surface area contributed by atoms with Crippen molar-refractivity contribution in [2.24, 2.45) is 7.05 Å². The average molecular weight is 460 g/mol. The Morgan fingerprint density at radius 2 is 2.18 bits per heavy atom. The lowest BCUT2D eigenvalue weighted by Crippen LogP contribution is -2.49. The van der Waals surface area contributed by atoms with E-state index in [1.807, 2.05) is 36.5 Å². The van der Waals surface area contributed by atoms with Crippen LogP contribution in [0.1, 0.15) is 31.2 Å². The number of nitrogens with one attached hydrogen (secondary N) is 2. The van der Waals surface area contributed by atoms with Crippen molar-refractivity contribution in [3.8, 4) is 17.2 Å². The highest BCUT2D eigenvalue weighted by molar-refractivity contribution is 6.10. The van der Waals surface area contributed by atoms with Gasteiger partial charge in [-0.25, -0.2) is 0 Å². The summed E-state index contributed by atoms with van der Waals surface area (Å²) >= 11 is 0. The van der Waals surface area contributed by atoms with E-state index in [9.17, 15) is 15.5 Å². The molecule has 0 aliphatic carbocycles. The first kappa shape index (κ1) is 22.2. The van der Waals surface area contributed by atoms with E-state index in [0.29, 0.717) is 51.5 Å². The van der Waals surface area contributed by atoms with E-state index in [4.69, 9.17) is 4.74 Å². The summed E-state index contributed by atoms with van der Waals surface area (Å²) in [6.07, 6.45) is 4.88. The van der Waals surface area contributed by atoms with Crippen LogP contribution in [-0.2, 0) is 16.6 Å². The molecule has 1 aromatic carbocycles. The standard InChI is InChI=1S/C25H29N7O2/c1-16(33)31-8-6-23(29-20-14-34-15-20)22(13-31)25(27)32-12-18(5-7-26)21-9-17(3-4-24(21)32)19-10-28-30(2)11-19/h3-4,9-11,18,20,27,29H,5-6,8,12-15H2,1-2H3/t18-/m0/s1. The summed E-state index contributed by atoms with van der Waals surface area (Å²) in [5, 5.41) is 26.5. The molecule has 1 saturated heterocycles. The summed E-state index contributed by atoms with van der Waals surface area (Å²) in [5.74, 6) is 0.424. The Morgan fingerprint density at radius 1 is 1.35 bits per heavy atom. The number of nitrogens with zero attached hydrogens (tertiary/aromatic N) is 5. The number of benzene rings is 1. The lowest BCUT2D eigenvalue weighted by molar-refractivity contribution is -0.128. The van der Waals surface area contributed by atoms with Crippen molar-refractivity contribution >= 4 is 17.4 Å². The second-order valence-electron chi connectivity index (χ2n) is 9.22. The number of amides is 1. The molecule has 34 heavy (non-hydrogen) atoms. The zero-order valence-corrected chi connectivity index (χ0v) is 19.5. The van der Waals surface area contributed by atoms with Crippen LogP contribution in [0.25, 0.3) is 11.1 Å². The number of anilines is 1. The van der Waals surface area contributed by atoms with Crippen LogP contribution in [-0.4, -0.2) is 65.3 Å². The third-order valence-corrected chi connectivity index (χ3v) is 6.90. The van der Waals surface area contributed by atoms with Gasteiger partial charge in [-0.3, -0.25) is 14.9 Å². The molecule has 5 rings (SSSR count). The first-order chi connectivity index (χ1) is 16.4. The van der Waals surface area contributed by atoms with Gasteiger partial charge in [-0.15, -0.1) is 0 Å². The number of rotatable bonds is 5. The number of hydrogen-bond donors (Lipinski definition) is 2. The first-order valence-corrected chi connectivity index (χ1v) is 11.6. The van der Waals surface area contributed by atoms with Crippen LogP contribution in [0.15, 0.2) is 41.9 Å². The van der Waals surface area contributed by atoms with Crippen molar-refractivity contribution in [3.63, 3.8) is 0 Å². The molecule has 1 atom stereocenters. The zero-order valence-electron chi connectivity index (χ0n) is 19.5. The minimum atomic E-state index is 0.0153. The van der Waals surface area contributed by atoms with Gasteiger partial charge in [0.05, 0.1) is 38.1 Å². The molecule has 0 bridgehead atoms. The van der Waals surface area contributed by atoms with Crippen LogP contribution in [0.5, 0.6) is 0 Å². The van der Waals surface area contributed by atoms with Gasteiger partial charge in [0.1, 0.15) is 5.84 Å². The third-order valence-electron chi connectivity index (χ3n) is 6.90. The molecule has 176 valence electrons. The lowest BCUT2D eigenvalue weighted by atomic mass is 9.95. The molecule has 2 aromatic rings. The number of aryl methyl sites for hydroxylation is 1. The van der Waals surface area contributed by atoms with Crippen LogP contribution in [0, 0.1) is 16.7 Å². The Hall–Kier alpha value is -3.64. The van der Waals surface area contributed by atoms with Crippen LogP contribution in [0.3, 0.4) is 0 Å². The summed E-state index contributed by atoms with van der Waals surface area (Å²) in [6, 6.07) is 8.79. The molecule has 1 aromatic heterocycles. The number of carbonyl (C=O) groups is 1. The second-order valence-corrected chi connectivity index (χ2v) is 9.22. The summed E-state index contributed by atoms with van der Waals surface area (Å²) in [5.41, 5.74) is 5.97. The summed E-state index contributed by atoms with van der Waals surface area (Å²) in [7, 11) is 1.89. The maximum Gasteiger partial charge on any atom is 0.219 e. The van der Waals surface area contributed by atoms with Gasteiger partial charge in [0.25, 0.3) is 0 Å². The van der Waals surface area contributed by atoms with Crippen molar-refractivity contribution in [1.82, 2.24) is 20.0 Å². The van der Waals surface area contributed by atoms with Crippen molar-refractivity contribution in [2.75, 3.05) is 37.7 Å². The predicted octanol–water partition coefficient (Wildman–Crippen LogP) is 2.38. The highest BCUT2D eigenvalue weighted by Gasteiger charge is 2.35. The van der Waals surface area contributed by atoms with Gasteiger partial charge in [-0.2, -0.15) is 10.4 Å². The predicted molar refractivity (Wildman–Crippen MR) is 128 cm³/mol. The molecule has 3 aliphatic heterocycles. The topological polar surface area (TPSA) is 110 Å². The highest BCUT2D eigenvalue weighted by atomic mass is 16.5. The van der Waals surface area contributed by atoms with Crippen molar-refractivity contribution in [1.29, 1.82) is 10.7 Å². The Bertz CT molecular complexity index is 1200. The molecule has 1 fully saturated rings. The van der Waals surface area contributed by atoms with Gasteiger partial charge in [-0.1, -0.05) is 6.07 Å². The van der Waals surface area contributed by atoms with Crippen LogP contribution in [0.4, 0.5) is 5.69 Å². The molecule has 9 nitrogen and oxygen atoms in total. The molecular formula is C25H29N7O2. The smallest absolute Gasteiger partial charge is 0.219 e. The normalized spacial score (nSPS) is 20.1. The number of ether oxygens (including phenoxy) is 1. The Morgan fingerprint density at radius 3 is 2.82 bits per heavy atom. The fourth-order valence-electron chi connectivity index (χ4n) is 4.93. The van der Waals surface area contributed by atoms with E-state index in [-0.39, 0.29) is 17.9 Å². The highest BCUT2D eigenvalue weighted by Crippen LogP contribution is 2.41. The van der Waals surface area contributed by atoms with E-state index in [1.165, 1.54) is 0 Å².